The molecule has 2 aliphatic rings. The highest BCUT2D eigenvalue weighted by atomic mass is 35.5. The lowest BCUT2D eigenvalue weighted by Crippen LogP contribution is -2.46. The summed E-state index contributed by atoms with van der Waals surface area (Å²) in [5.41, 5.74) is 1.84. The zero-order valence-electron chi connectivity index (χ0n) is 13.5. The molecule has 7 heteroatoms. The van der Waals surface area contributed by atoms with Gasteiger partial charge in [0, 0.05) is 44.4 Å². The number of hydrogen-bond acceptors (Lipinski definition) is 5. The molecule has 0 amide bonds. The van der Waals surface area contributed by atoms with E-state index in [0.29, 0.717) is 17.0 Å². The van der Waals surface area contributed by atoms with E-state index < -0.39 is 4.92 Å². The smallest absolute Gasteiger partial charge is 0.271 e. The summed E-state index contributed by atoms with van der Waals surface area (Å²) in [6, 6.07) is 3.54. The quantitative estimate of drug-likeness (QED) is 0.626. The summed E-state index contributed by atoms with van der Waals surface area (Å²) in [6.07, 6.45) is 0. The van der Waals surface area contributed by atoms with E-state index in [9.17, 15) is 10.1 Å². The maximum absolute atomic E-state index is 11.0. The van der Waals surface area contributed by atoms with Crippen LogP contribution in [0.3, 0.4) is 0 Å². The van der Waals surface area contributed by atoms with Crippen LogP contribution < -0.4 is 4.90 Å². The predicted octanol–water partition coefficient (Wildman–Crippen LogP) is 2.71. The second-order valence-corrected chi connectivity index (χ2v) is 6.86. The fourth-order valence-corrected chi connectivity index (χ4v) is 4.12. The third-order valence-electron chi connectivity index (χ3n) is 4.85. The van der Waals surface area contributed by atoms with Crippen LogP contribution in [0.4, 0.5) is 11.4 Å². The lowest BCUT2D eigenvalue weighted by molar-refractivity contribution is -0.384. The Morgan fingerprint density at radius 2 is 2.00 bits per heavy atom. The number of halogens is 1. The Labute approximate surface area is 141 Å². The van der Waals surface area contributed by atoms with Gasteiger partial charge in [0.1, 0.15) is 0 Å². The number of benzene rings is 1. The van der Waals surface area contributed by atoms with Crippen molar-refractivity contribution < 1.29 is 9.66 Å². The highest BCUT2D eigenvalue weighted by Crippen LogP contribution is 2.37. The molecule has 0 aromatic heterocycles. The van der Waals surface area contributed by atoms with Crippen molar-refractivity contribution >= 4 is 23.0 Å². The van der Waals surface area contributed by atoms with Crippen molar-refractivity contribution in [1.82, 2.24) is 4.90 Å². The molecular weight excluding hydrogens is 318 g/mol. The molecule has 0 saturated carbocycles. The van der Waals surface area contributed by atoms with Crippen LogP contribution in [-0.2, 0) is 4.74 Å². The number of hydrogen-bond donors (Lipinski definition) is 0. The number of rotatable bonds is 3. The van der Waals surface area contributed by atoms with Crippen molar-refractivity contribution in [2.24, 2.45) is 5.92 Å². The van der Waals surface area contributed by atoms with E-state index in [1.807, 2.05) is 6.92 Å². The van der Waals surface area contributed by atoms with E-state index in [4.69, 9.17) is 16.3 Å². The van der Waals surface area contributed by atoms with Crippen LogP contribution in [0.15, 0.2) is 12.1 Å². The molecule has 2 saturated heterocycles. The molecule has 6 nitrogen and oxygen atoms in total. The molecule has 0 spiro atoms. The lowest BCUT2D eigenvalue weighted by Gasteiger charge is -2.34. The van der Waals surface area contributed by atoms with Crippen LogP contribution in [0, 0.1) is 23.0 Å². The molecule has 0 aliphatic carbocycles. The topological polar surface area (TPSA) is 58.9 Å². The number of nitro benzene ring substituents is 1. The number of non-ortho nitro benzene ring substituents is 1. The lowest BCUT2D eigenvalue weighted by atomic mass is 10.0. The zero-order chi connectivity index (χ0) is 16.6. The van der Waals surface area contributed by atoms with E-state index in [0.717, 1.165) is 50.6 Å². The fourth-order valence-electron chi connectivity index (χ4n) is 3.74. The third kappa shape index (κ3) is 3.29. The number of anilines is 1. The molecule has 2 atom stereocenters. The SMILES string of the molecule is Cc1cc([N+](=O)[O-])cc(Cl)c1N1CC(C)C(N2CCOCC2)C1. The third-order valence-corrected chi connectivity index (χ3v) is 5.14. The highest BCUT2D eigenvalue weighted by molar-refractivity contribution is 6.33. The molecule has 23 heavy (non-hydrogen) atoms. The van der Waals surface area contributed by atoms with Gasteiger partial charge in [0.15, 0.2) is 0 Å². The van der Waals surface area contributed by atoms with Gasteiger partial charge in [-0.25, -0.2) is 0 Å². The van der Waals surface area contributed by atoms with Crippen LogP contribution in [0.5, 0.6) is 0 Å². The maximum Gasteiger partial charge on any atom is 0.271 e. The summed E-state index contributed by atoms with van der Waals surface area (Å²) < 4.78 is 5.44. The Balaban J connectivity index is 1.81. The van der Waals surface area contributed by atoms with Gasteiger partial charge in [-0.15, -0.1) is 0 Å². The van der Waals surface area contributed by atoms with E-state index in [2.05, 4.69) is 16.7 Å². The van der Waals surface area contributed by atoms with Crippen molar-refractivity contribution in [3.63, 3.8) is 0 Å². The van der Waals surface area contributed by atoms with Gasteiger partial charge in [-0.05, 0) is 18.4 Å². The first-order valence-corrected chi connectivity index (χ1v) is 8.36. The summed E-state index contributed by atoms with van der Waals surface area (Å²) in [4.78, 5) is 15.3. The summed E-state index contributed by atoms with van der Waals surface area (Å²) >= 11 is 6.36. The van der Waals surface area contributed by atoms with E-state index in [1.165, 1.54) is 6.07 Å². The molecule has 1 aromatic carbocycles. The van der Waals surface area contributed by atoms with Crippen LogP contribution in [-0.4, -0.2) is 55.3 Å². The van der Waals surface area contributed by atoms with Gasteiger partial charge in [-0.2, -0.15) is 0 Å². The molecule has 0 radical (unpaired) electrons. The minimum absolute atomic E-state index is 0.0493. The highest BCUT2D eigenvalue weighted by Gasteiger charge is 2.36. The Bertz CT molecular complexity index is 581. The Morgan fingerprint density at radius 1 is 1.30 bits per heavy atom. The number of morpholine rings is 1. The Kier molecular flexibility index (Phi) is 4.75. The van der Waals surface area contributed by atoms with E-state index in [1.54, 1.807) is 6.07 Å². The molecule has 0 N–H and O–H groups in total. The second kappa shape index (κ2) is 6.63. The van der Waals surface area contributed by atoms with Crippen LogP contribution in [0.25, 0.3) is 0 Å². The largest absolute Gasteiger partial charge is 0.379 e. The van der Waals surface area contributed by atoms with Crippen LogP contribution >= 0.6 is 11.6 Å². The minimum Gasteiger partial charge on any atom is -0.379 e. The van der Waals surface area contributed by atoms with Crippen LogP contribution in [0.1, 0.15) is 12.5 Å². The molecule has 0 bridgehead atoms. The first-order chi connectivity index (χ1) is 11.0. The van der Waals surface area contributed by atoms with Gasteiger partial charge >= 0.3 is 0 Å². The first kappa shape index (κ1) is 16.5. The molecule has 126 valence electrons. The van der Waals surface area contributed by atoms with Gasteiger partial charge in [-0.3, -0.25) is 15.0 Å². The van der Waals surface area contributed by atoms with Gasteiger partial charge in [0.2, 0.25) is 0 Å². The average molecular weight is 340 g/mol. The standard InChI is InChI=1S/C16H22ClN3O3/c1-11-7-13(20(21)22)8-14(17)16(11)19-9-12(2)15(10-19)18-3-5-23-6-4-18/h7-8,12,15H,3-6,9-10H2,1-2H3. The molecule has 3 rings (SSSR count). The van der Waals surface area contributed by atoms with Gasteiger partial charge in [0.25, 0.3) is 5.69 Å². The number of aryl methyl sites for hydroxylation is 1. The van der Waals surface area contributed by atoms with Gasteiger partial charge in [-0.1, -0.05) is 18.5 Å². The molecule has 2 unspecified atom stereocenters. The number of nitrogens with zero attached hydrogens (tertiary/aromatic N) is 3. The maximum atomic E-state index is 11.0. The minimum atomic E-state index is -0.397. The molecule has 2 heterocycles. The van der Waals surface area contributed by atoms with Gasteiger partial charge in [0.05, 0.1) is 28.8 Å². The van der Waals surface area contributed by atoms with E-state index in [-0.39, 0.29) is 5.69 Å². The Hall–Kier alpha value is -1.37. The van der Waals surface area contributed by atoms with Crippen molar-refractivity contribution in [1.29, 1.82) is 0 Å². The molecule has 2 fully saturated rings. The van der Waals surface area contributed by atoms with Gasteiger partial charge < -0.3 is 9.64 Å². The Morgan fingerprint density at radius 3 is 2.61 bits per heavy atom. The zero-order valence-corrected chi connectivity index (χ0v) is 14.3. The summed E-state index contributed by atoms with van der Waals surface area (Å²) in [7, 11) is 0. The number of nitro groups is 1. The van der Waals surface area contributed by atoms with Crippen molar-refractivity contribution in [3.05, 3.63) is 32.8 Å². The second-order valence-electron chi connectivity index (χ2n) is 6.45. The number of ether oxygens (including phenoxy) is 1. The van der Waals surface area contributed by atoms with Crippen molar-refractivity contribution in [2.45, 2.75) is 19.9 Å². The molecular formula is C16H22ClN3O3. The van der Waals surface area contributed by atoms with Crippen molar-refractivity contribution in [2.75, 3.05) is 44.3 Å². The monoisotopic (exact) mass is 339 g/mol. The predicted molar refractivity (Wildman–Crippen MR) is 90.4 cm³/mol. The summed E-state index contributed by atoms with van der Waals surface area (Å²) in [5.74, 6) is 0.527. The summed E-state index contributed by atoms with van der Waals surface area (Å²) in [5, 5.41) is 11.4. The fraction of sp³-hybridized carbons (Fsp3) is 0.625. The van der Waals surface area contributed by atoms with E-state index >= 15 is 0 Å². The van der Waals surface area contributed by atoms with Crippen molar-refractivity contribution in [3.8, 4) is 0 Å². The molecule has 1 aromatic rings. The first-order valence-electron chi connectivity index (χ1n) is 7.98. The normalized spacial score (nSPS) is 25.8. The molecule has 2 aliphatic heterocycles. The summed E-state index contributed by atoms with van der Waals surface area (Å²) in [6.45, 7) is 9.49. The van der Waals surface area contributed by atoms with Crippen LogP contribution in [0.2, 0.25) is 5.02 Å². The average Bonchev–Trinajstić information content (AvgIpc) is 2.89.